The Hall–Kier alpha value is -4.59. The minimum atomic E-state index is -1.31. The fourth-order valence-electron chi connectivity index (χ4n) is 5.10. The van der Waals surface area contributed by atoms with E-state index in [0.717, 1.165) is 5.56 Å². The first-order valence-corrected chi connectivity index (χ1v) is 13.5. The fourth-order valence-corrected chi connectivity index (χ4v) is 5.10. The lowest BCUT2D eigenvalue weighted by Crippen LogP contribution is -2.29. The Kier molecular flexibility index (Phi) is 8.34. The second kappa shape index (κ2) is 12.1. The molecule has 0 saturated carbocycles. The molecule has 4 nitrogen and oxygen atoms in total. The van der Waals surface area contributed by atoms with Crippen molar-refractivity contribution in [3.8, 4) is 11.5 Å². The molecule has 1 atom stereocenters. The SMILES string of the molecule is COc1c(OCc2ccc(C(C)C)cc2)cccc1C1CC(c2ccc(F)cc2)=CN1C(=O)c1c(F)cc(F)cc1F. The topological polar surface area (TPSA) is 38.8 Å². The molecule has 1 aliphatic rings. The fraction of sp³-hybridized carbons (Fsp3) is 0.206. The summed E-state index contributed by atoms with van der Waals surface area (Å²) < 4.78 is 68.6. The van der Waals surface area contributed by atoms with E-state index in [-0.39, 0.29) is 13.0 Å². The molecule has 0 aromatic heterocycles. The van der Waals surface area contributed by atoms with E-state index in [2.05, 4.69) is 26.0 Å². The number of nitrogens with zero attached hydrogens (tertiary/aromatic N) is 1. The molecule has 4 aromatic carbocycles. The maximum absolute atomic E-state index is 14.7. The van der Waals surface area contributed by atoms with Crippen LogP contribution in [0.15, 0.2) is 85.1 Å². The molecule has 0 saturated heterocycles. The van der Waals surface area contributed by atoms with Gasteiger partial charge in [-0.2, -0.15) is 0 Å². The summed E-state index contributed by atoms with van der Waals surface area (Å²) in [5.41, 5.74) is 3.08. The van der Waals surface area contributed by atoms with Crippen molar-refractivity contribution in [1.82, 2.24) is 4.90 Å². The minimum absolute atomic E-state index is 0.234. The second-order valence-electron chi connectivity index (χ2n) is 10.4. The standard InChI is InChI=1S/C34H29F4NO3/c1-20(2)22-9-7-21(8-10-22)19-42-31-6-4-5-27(33(31)41-3)30-15-24(23-11-13-25(35)14-12-23)18-39(30)34(40)32-28(37)16-26(36)17-29(32)38/h4-14,16-18,20,30H,15,19H2,1-3H3. The van der Waals surface area contributed by atoms with Gasteiger partial charge in [-0.3, -0.25) is 4.79 Å². The zero-order chi connectivity index (χ0) is 30.0. The molecule has 0 radical (unpaired) electrons. The van der Waals surface area contributed by atoms with Gasteiger partial charge < -0.3 is 14.4 Å². The number of rotatable bonds is 8. The molecule has 0 bridgehead atoms. The van der Waals surface area contributed by atoms with E-state index in [0.29, 0.717) is 46.2 Å². The third kappa shape index (κ3) is 5.88. The normalized spacial score (nSPS) is 14.7. The zero-order valence-electron chi connectivity index (χ0n) is 23.3. The number of carbonyl (C=O) groups excluding carboxylic acids is 1. The van der Waals surface area contributed by atoms with Crippen LogP contribution in [0.1, 0.15) is 64.8 Å². The number of ether oxygens (including phenoxy) is 2. The lowest BCUT2D eigenvalue weighted by atomic mass is 9.96. The molecule has 1 aliphatic heterocycles. The van der Waals surface area contributed by atoms with E-state index < -0.39 is 40.8 Å². The van der Waals surface area contributed by atoms with Crippen LogP contribution < -0.4 is 9.47 Å². The predicted octanol–water partition coefficient (Wildman–Crippen LogP) is 8.58. The Morgan fingerprint density at radius 2 is 1.57 bits per heavy atom. The van der Waals surface area contributed by atoms with Gasteiger partial charge in [0.15, 0.2) is 11.5 Å². The first-order valence-electron chi connectivity index (χ1n) is 13.5. The molecule has 4 aromatic rings. The third-order valence-electron chi connectivity index (χ3n) is 7.33. The maximum atomic E-state index is 14.7. The molecular formula is C34H29F4NO3. The van der Waals surface area contributed by atoms with Crippen molar-refractivity contribution in [3.05, 3.63) is 136 Å². The van der Waals surface area contributed by atoms with Gasteiger partial charge in [-0.05, 0) is 52.8 Å². The summed E-state index contributed by atoms with van der Waals surface area (Å²) in [7, 11) is 1.47. The van der Waals surface area contributed by atoms with Crippen LogP contribution >= 0.6 is 0 Å². The van der Waals surface area contributed by atoms with Crippen molar-refractivity contribution >= 4 is 11.5 Å². The third-order valence-corrected chi connectivity index (χ3v) is 7.33. The number of carbonyl (C=O) groups is 1. The molecular weight excluding hydrogens is 546 g/mol. The largest absolute Gasteiger partial charge is 0.492 e. The lowest BCUT2D eigenvalue weighted by molar-refractivity contribution is 0.0772. The summed E-state index contributed by atoms with van der Waals surface area (Å²) in [5, 5.41) is 0. The minimum Gasteiger partial charge on any atom is -0.492 e. The number of benzene rings is 4. The molecule has 1 heterocycles. The second-order valence-corrected chi connectivity index (χ2v) is 10.4. The molecule has 0 aliphatic carbocycles. The Bertz CT molecular complexity index is 1610. The van der Waals surface area contributed by atoms with Gasteiger partial charge in [0, 0.05) is 23.9 Å². The molecule has 42 heavy (non-hydrogen) atoms. The van der Waals surface area contributed by atoms with E-state index >= 15 is 0 Å². The molecule has 8 heteroatoms. The summed E-state index contributed by atoms with van der Waals surface area (Å²) >= 11 is 0. The van der Waals surface area contributed by atoms with Crippen molar-refractivity contribution < 1.29 is 31.8 Å². The number of para-hydroxylation sites is 1. The van der Waals surface area contributed by atoms with Crippen LogP contribution in [0, 0.1) is 23.3 Å². The average Bonchev–Trinajstić information content (AvgIpc) is 3.41. The number of halogens is 4. The van der Waals surface area contributed by atoms with E-state index in [9.17, 15) is 22.4 Å². The van der Waals surface area contributed by atoms with Crippen LogP contribution in [0.2, 0.25) is 0 Å². The molecule has 1 unspecified atom stereocenters. The van der Waals surface area contributed by atoms with Crippen LogP contribution in [-0.2, 0) is 6.61 Å². The van der Waals surface area contributed by atoms with Crippen molar-refractivity contribution in [1.29, 1.82) is 0 Å². The predicted molar refractivity (Wildman–Crippen MR) is 152 cm³/mol. The quantitative estimate of drug-likeness (QED) is 0.198. The maximum Gasteiger partial charge on any atom is 0.264 e. The highest BCUT2D eigenvalue weighted by molar-refractivity contribution is 5.97. The van der Waals surface area contributed by atoms with Crippen LogP contribution in [0.4, 0.5) is 17.6 Å². The Morgan fingerprint density at radius 3 is 2.19 bits per heavy atom. The lowest BCUT2D eigenvalue weighted by Gasteiger charge is -2.27. The van der Waals surface area contributed by atoms with Crippen LogP contribution in [0.25, 0.3) is 5.57 Å². The highest BCUT2D eigenvalue weighted by Crippen LogP contribution is 2.46. The van der Waals surface area contributed by atoms with Crippen molar-refractivity contribution in [2.24, 2.45) is 0 Å². The summed E-state index contributed by atoms with van der Waals surface area (Å²) in [6, 6.07) is 19.2. The van der Waals surface area contributed by atoms with Gasteiger partial charge in [-0.1, -0.05) is 62.4 Å². The molecule has 0 N–H and O–H groups in total. The van der Waals surface area contributed by atoms with Gasteiger partial charge >= 0.3 is 0 Å². The van der Waals surface area contributed by atoms with Gasteiger partial charge in [-0.15, -0.1) is 0 Å². The first kappa shape index (κ1) is 28.9. The molecule has 0 fully saturated rings. The smallest absolute Gasteiger partial charge is 0.264 e. The van der Waals surface area contributed by atoms with Crippen molar-refractivity contribution in [2.45, 2.75) is 38.8 Å². The monoisotopic (exact) mass is 575 g/mol. The average molecular weight is 576 g/mol. The van der Waals surface area contributed by atoms with Crippen LogP contribution in [0.5, 0.6) is 11.5 Å². The van der Waals surface area contributed by atoms with Gasteiger partial charge in [0.2, 0.25) is 0 Å². The van der Waals surface area contributed by atoms with Crippen molar-refractivity contribution in [3.63, 3.8) is 0 Å². The van der Waals surface area contributed by atoms with Gasteiger partial charge in [0.05, 0.1) is 13.2 Å². The van der Waals surface area contributed by atoms with Gasteiger partial charge in [-0.25, -0.2) is 17.6 Å². The van der Waals surface area contributed by atoms with E-state index in [1.165, 1.54) is 35.9 Å². The highest BCUT2D eigenvalue weighted by Gasteiger charge is 2.36. The number of amides is 1. The highest BCUT2D eigenvalue weighted by atomic mass is 19.1. The van der Waals surface area contributed by atoms with E-state index in [1.54, 1.807) is 30.3 Å². The van der Waals surface area contributed by atoms with E-state index in [4.69, 9.17) is 9.47 Å². The summed E-state index contributed by atoms with van der Waals surface area (Å²) in [6.45, 7) is 4.50. The molecule has 216 valence electrons. The molecule has 0 spiro atoms. The summed E-state index contributed by atoms with van der Waals surface area (Å²) in [6.07, 6.45) is 1.71. The summed E-state index contributed by atoms with van der Waals surface area (Å²) in [4.78, 5) is 14.8. The van der Waals surface area contributed by atoms with E-state index in [1.807, 2.05) is 12.1 Å². The Balaban J connectivity index is 1.51. The van der Waals surface area contributed by atoms with Crippen LogP contribution in [0.3, 0.4) is 0 Å². The first-order chi connectivity index (χ1) is 20.2. The Labute approximate surface area is 241 Å². The van der Waals surface area contributed by atoms with Crippen molar-refractivity contribution in [2.75, 3.05) is 7.11 Å². The van der Waals surface area contributed by atoms with Crippen LogP contribution in [-0.4, -0.2) is 17.9 Å². The Morgan fingerprint density at radius 1 is 0.905 bits per heavy atom. The number of hydrogen-bond donors (Lipinski definition) is 0. The number of methoxy groups -OCH3 is 1. The van der Waals surface area contributed by atoms with Gasteiger partial charge in [0.25, 0.3) is 5.91 Å². The molecule has 5 rings (SSSR count). The molecule has 1 amide bonds. The van der Waals surface area contributed by atoms with Gasteiger partial charge in [0.1, 0.15) is 35.4 Å². The summed E-state index contributed by atoms with van der Waals surface area (Å²) in [5.74, 6) is -4.00. The number of hydrogen-bond acceptors (Lipinski definition) is 3. The zero-order valence-corrected chi connectivity index (χ0v) is 23.3.